The van der Waals surface area contributed by atoms with Crippen molar-refractivity contribution >= 4 is 40.5 Å². The lowest BCUT2D eigenvalue weighted by Crippen LogP contribution is -1.92. The van der Waals surface area contributed by atoms with Gasteiger partial charge < -0.3 is 4.74 Å². The number of aromatic nitrogens is 1. The Morgan fingerprint density at radius 3 is 2.37 bits per heavy atom. The molecule has 19 heavy (non-hydrogen) atoms. The summed E-state index contributed by atoms with van der Waals surface area (Å²) in [5.74, 6) is 0.420. The summed E-state index contributed by atoms with van der Waals surface area (Å²) in [4.78, 5) is 13.7. The van der Waals surface area contributed by atoms with E-state index in [1.54, 1.807) is 0 Å². The van der Waals surface area contributed by atoms with Gasteiger partial charge in [0.25, 0.3) is 5.69 Å². The van der Waals surface area contributed by atoms with Gasteiger partial charge in [-0.15, -0.1) is 0 Å². The Balaban J connectivity index is 2.26. The fourth-order valence-electron chi connectivity index (χ4n) is 1.24. The summed E-state index contributed by atoms with van der Waals surface area (Å²) >= 11 is 17.5. The van der Waals surface area contributed by atoms with Crippen molar-refractivity contribution in [3.63, 3.8) is 0 Å². The standard InChI is InChI=1S/C11H5Cl3N2O3/c12-7-3-9(14)10(4-8(7)13)19-11-2-1-6(5-15-11)16(17)18/h1-5H. The molecule has 5 nitrogen and oxygen atoms in total. The number of hydrogen-bond acceptors (Lipinski definition) is 4. The Morgan fingerprint density at radius 2 is 1.79 bits per heavy atom. The molecular weight excluding hydrogens is 314 g/mol. The van der Waals surface area contributed by atoms with Crippen molar-refractivity contribution < 1.29 is 9.66 Å². The predicted octanol–water partition coefficient (Wildman–Crippen LogP) is 4.74. The molecule has 0 radical (unpaired) electrons. The first-order chi connectivity index (χ1) is 8.97. The maximum absolute atomic E-state index is 10.5. The first-order valence-electron chi connectivity index (χ1n) is 4.90. The topological polar surface area (TPSA) is 65.3 Å². The Hall–Kier alpha value is -1.56. The first kappa shape index (κ1) is 13.9. The van der Waals surface area contributed by atoms with E-state index in [9.17, 15) is 10.1 Å². The molecule has 0 saturated heterocycles. The molecule has 0 bridgehead atoms. The lowest BCUT2D eigenvalue weighted by atomic mass is 10.3. The number of ether oxygens (including phenoxy) is 1. The number of rotatable bonds is 3. The van der Waals surface area contributed by atoms with Crippen LogP contribution in [0.2, 0.25) is 15.1 Å². The molecule has 0 fully saturated rings. The molecule has 0 aliphatic heterocycles. The molecule has 0 saturated carbocycles. The van der Waals surface area contributed by atoms with Gasteiger partial charge in [-0.3, -0.25) is 10.1 Å². The Kier molecular flexibility index (Phi) is 4.09. The third-order valence-corrected chi connectivity index (χ3v) is 3.14. The van der Waals surface area contributed by atoms with Crippen molar-refractivity contribution in [3.8, 4) is 11.6 Å². The van der Waals surface area contributed by atoms with Gasteiger partial charge in [-0.05, 0) is 6.07 Å². The van der Waals surface area contributed by atoms with Crippen LogP contribution in [0.3, 0.4) is 0 Å². The maximum atomic E-state index is 10.5. The number of nitrogens with zero attached hydrogens (tertiary/aromatic N) is 2. The monoisotopic (exact) mass is 318 g/mol. The lowest BCUT2D eigenvalue weighted by molar-refractivity contribution is -0.385. The summed E-state index contributed by atoms with van der Waals surface area (Å²) in [5.41, 5.74) is -0.132. The summed E-state index contributed by atoms with van der Waals surface area (Å²) in [7, 11) is 0. The van der Waals surface area contributed by atoms with Crippen LogP contribution in [-0.2, 0) is 0 Å². The van der Waals surface area contributed by atoms with E-state index < -0.39 is 4.92 Å². The number of halogens is 3. The van der Waals surface area contributed by atoms with Crippen LogP contribution in [0.25, 0.3) is 0 Å². The number of nitro groups is 1. The normalized spacial score (nSPS) is 10.3. The molecule has 2 rings (SSSR count). The molecular formula is C11H5Cl3N2O3. The molecule has 1 heterocycles. The molecule has 0 unspecified atom stereocenters. The Morgan fingerprint density at radius 1 is 1.11 bits per heavy atom. The van der Waals surface area contributed by atoms with Crippen LogP contribution >= 0.6 is 34.8 Å². The third-order valence-electron chi connectivity index (χ3n) is 2.12. The summed E-state index contributed by atoms with van der Waals surface area (Å²) in [6.45, 7) is 0. The van der Waals surface area contributed by atoms with Crippen LogP contribution in [0.1, 0.15) is 0 Å². The van der Waals surface area contributed by atoms with Gasteiger partial charge in [-0.1, -0.05) is 34.8 Å². The Bertz CT molecular complexity index is 632. The van der Waals surface area contributed by atoms with Crippen molar-refractivity contribution in [3.05, 3.63) is 55.6 Å². The molecule has 0 N–H and O–H groups in total. The maximum Gasteiger partial charge on any atom is 0.287 e. The van der Waals surface area contributed by atoms with E-state index >= 15 is 0 Å². The van der Waals surface area contributed by atoms with Gasteiger partial charge in [0.15, 0.2) is 0 Å². The average molecular weight is 320 g/mol. The second kappa shape index (κ2) is 5.61. The van der Waals surface area contributed by atoms with Crippen LogP contribution in [0.15, 0.2) is 30.5 Å². The van der Waals surface area contributed by atoms with Crippen molar-refractivity contribution in [2.45, 2.75) is 0 Å². The highest BCUT2D eigenvalue weighted by molar-refractivity contribution is 6.43. The average Bonchev–Trinajstić information content (AvgIpc) is 2.36. The second-order valence-corrected chi connectivity index (χ2v) is 4.63. The molecule has 98 valence electrons. The number of benzene rings is 1. The molecule has 0 spiro atoms. The minimum atomic E-state index is -0.553. The third kappa shape index (κ3) is 3.26. The first-order valence-corrected chi connectivity index (χ1v) is 6.03. The molecule has 1 aromatic carbocycles. The summed E-state index contributed by atoms with van der Waals surface area (Å²) in [6.07, 6.45) is 1.08. The molecule has 2 aromatic rings. The predicted molar refractivity (Wildman–Crippen MR) is 72.4 cm³/mol. The minimum absolute atomic E-state index is 0.132. The zero-order valence-corrected chi connectivity index (χ0v) is 11.4. The van der Waals surface area contributed by atoms with Crippen LogP contribution in [0.4, 0.5) is 5.69 Å². The molecule has 1 aromatic heterocycles. The highest BCUT2D eigenvalue weighted by Crippen LogP contribution is 2.35. The van der Waals surface area contributed by atoms with Crippen molar-refractivity contribution in [2.75, 3.05) is 0 Å². The quantitative estimate of drug-likeness (QED) is 0.465. The molecule has 0 atom stereocenters. The fraction of sp³-hybridized carbons (Fsp3) is 0. The van der Waals surface area contributed by atoms with Gasteiger partial charge in [0, 0.05) is 18.2 Å². The van der Waals surface area contributed by atoms with Crippen molar-refractivity contribution in [1.82, 2.24) is 4.98 Å². The summed E-state index contributed by atoms with van der Waals surface area (Å²) in [5, 5.41) is 11.3. The zero-order valence-electron chi connectivity index (χ0n) is 9.14. The van der Waals surface area contributed by atoms with Crippen LogP contribution < -0.4 is 4.74 Å². The van der Waals surface area contributed by atoms with Gasteiger partial charge in [-0.2, -0.15) is 0 Å². The van der Waals surface area contributed by atoms with Crippen molar-refractivity contribution in [2.24, 2.45) is 0 Å². The molecule has 0 aliphatic carbocycles. The van der Waals surface area contributed by atoms with Crippen molar-refractivity contribution in [1.29, 1.82) is 0 Å². The van der Waals surface area contributed by atoms with Crippen LogP contribution in [-0.4, -0.2) is 9.91 Å². The van der Waals surface area contributed by atoms with E-state index in [0.717, 1.165) is 6.20 Å². The lowest BCUT2D eigenvalue weighted by Gasteiger charge is -2.07. The van der Waals surface area contributed by atoms with E-state index in [-0.39, 0.29) is 27.4 Å². The smallest absolute Gasteiger partial charge is 0.287 e. The molecule has 8 heteroatoms. The second-order valence-electron chi connectivity index (χ2n) is 3.41. The molecule has 0 amide bonds. The van der Waals surface area contributed by atoms with Gasteiger partial charge in [0.2, 0.25) is 5.88 Å². The minimum Gasteiger partial charge on any atom is -0.437 e. The van der Waals surface area contributed by atoms with E-state index in [2.05, 4.69) is 4.98 Å². The van der Waals surface area contributed by atoms with Gasteiger partial charge in [0.1, 0.15) is 11.9 Å². The molecule has 0 aliphatic rings. The largest absolute Gasteiger partial charge is 0.437 e. The zero-order chi connectivity index (χ0) is 14.0. The van der Waals surface area contributed by atoms with Gasteiger partial charge in [-0.25, -0.2) is 4.98 Å². The number of hydrogen-bond donors (Lipinski definition) is 0. The highest BCUT2D eigenvalue weighted by Gasteiger charge is 2.10. The van der Waals surface area contributed by atoms with Crippen LogP contribution in [0.5, 0.6) is 11.6 Å². The van der Waals surface area contributed by atoms with E-state index in [1.165, 1.54) is 24.3 Å². The summed E-state index contributed by atoms with van der Waals surface area (Å²) in [6, 6.07) is 5.51. The van der Waals surface area contributed by atoms with Gasteiger partial charge in [0.05, 0.1) is 20.0 Å². The van der Waals surface area contributed by atoms with Gasteiger partial charge >= 0.3 is 0 Å². The Labute approximate surface area is 122 Å². The summed E-state index contributed by atoms with van der Waals surface area (Å²) < 4.78 is 5.37. The van der Waals surface area contributed by atoms with E-state index in [1.807, 2.05) is 0 Å². The van der Waals surface area contributed by atoms with Crippen LogP contribution in [0, 0.1) is 10.1 Å². The van der Waals surface area contributed by atoms with E-state index in [4.69, 9.17) is 39.5 Å². The highest BCUT2D eigenvalue weighted by atomic mass is 35.5. The SMILES string of the molecule is O=[N+]([O-])c1ccc(Oc2cc(Cl)c(Cl)cc2Cl)nc1. The fourth-order valence-corrected chi connectivity index (χ4v) is 1.81. The number of pyridine rings is 1. The van der Waals surface area contributed by atoms with E-state index in [0.29, 0.717) is 5.02 Å².